The molecule has 0 atom stereocenters. The van der Waals surface area contributed by atoms with E-state index in [-0.39, 0.29) is 29.2 Å². The lowest BCUT2D eigenvalue weighted by Crippen LogP contribution is -2.41. The fraction of sp³-hybridized carbons (Fsp3) is 0.438. The second-order valence-electron chi connectivity index (χ2n) is 6.69. The van der Waals surface area contributed by atoms with Crippen LogP contribution in [0.3, 0.4) is 0 Å². The van der Waals surface area contributed by atoms with Crippen molar-refractivity contribution in [1.29, 1.82) is 0 Å². The summed E-state index contributed by atoms with van der Waals surface area (Å²) in [6.45, 7) is 5.71. The summed E-state index contributed by atoms with van der Waals surface area (Å²) >= 11 is 0. The van der Waals surface area contributed by atoms with E-state index in [9.17, 15) is 9.59 Å². The van der Waals surface area contributed by atoms with E-state index in [0.717, 1.165) is 12.8 Å². The number of carbonyl (C=O) groups excluding carboxylic acids is 2. The largest absolute Gasteiger partial charge is 0.348 e. The van der Waals surface area contributed by atoms with Gasteiger partial charge in [-0.15, -0.1) is 0 Å². The second kappa shape index (κ2) is 5.12. The van der Waals surface area contributed by atoms with Gasteiger partial charge in [-0.3, -0.25) is 14.0 Å². The van der Waals surface area contributed by atoms with Gasteiger partial charge in [0.15, 0.2) is 5.69 Å². The van der Waals surface area contributed by atoms with Gasteiger partial charge >= 0.3 is 0 Å². The van der Waals surface area contributed by atoms with Crippen LogP contribution in [0.4, 0.5) is 0 Å². The maximum Gasteiger partial charge on any atom is 0.288 e. The zero-order valence-electron chi connectivity index (χ0n) is 13.0. The van der Waals surface area contributed by atoms with Crippen molar-refractivity contribution in [2.45, 2.75) is 45.2 Å². The molecule has 2 N–H and O–H groups in total. The quantitative estimate of drug-likeness (QED) is 0.907. The van der Waals surface area contributed by atoms with Crippen molar-refractivity contribution in [1.82, 2.24) is 20.0 Å². The summed E-state index contributed by atoms with van der Waals surface area (Å²) in [4.78, 5) is 29.0. The van der Waals surface area contributed by atoms with E-state index < -0.39 is 0 Å². The molecule has 1 fully saturated rings. The number of pyridine rings is 1. The molecule has 0 aliphatic heterocycles. The summed E-state index contributed by atoms with van der Waals surface area (Å²) < 4.78 is 1.66. The number of amides is 2. The summed E-state index contributed by atoms with van der Waals surface area (Å²) in [6, 6.07) is 5.68. The molecule has 0 spiro atoms. The van der Waals surface area contributed by atoms with Crippen LogP contribution in [0.1, 0.15) is 54.7 Å². The zero-order valence-corrected chi connectivity index (χ0v) is 13.0. The van der Waals surface area contributed by atoms with Crippen LogP contribution in [0.2, 0.25) is 0 Å². The Morgan fingerprint density at radius 3 is 2.59 bits per heavy atom. The molecule has 1 aliphatic rings. The SMILES string of the molecule is CC(C)(C)NC(=O)c1nc(C(=O)NC2CC2)c2ccccn12. The Morgan fingerprint density at radius 1 is 1.23 bits per heavy atom. The van der Waals surface area contributed by atoms with E-state index in [1.807, 2.05) is 32.9 Å². The number of hydrogen-bond acceptors (Lipinski definition) is 3. The first-order valence-corrected chi connectivity index (χ1v) is 7.45. The zero-order chi connectivity index (χ0) is 15.9. The third-order valence-electron chi connectivity index (χ3n) is 3.37. The fourth-order valence-corrected chi connectivity index (χ4v) is 2.24. The number of aromatic nitrogens is 2. The molecule has 22 heavy (non-hydrogen) atoms. The Hall–Kier alpha value is -2.37. The van der Waals surface area contributed by atoms with Crippen molar-refractivity contribution in [3.63, 3.8) is 0 Å². The highest BCUT2D eigenvalue weighted by Gasteiger charge is 2.28. The lowest BCUT2D eigenvalue weighted by Gasteiger charge is -2.19. The molecule has 0 aromatic carbocycles. The van der Waals surface area contributed by atoms with Gasteiger partial charge < -0.3 is 10.6 Å². The van der Waals surface area contributed by atoms with E-state index in [4.69, 9.17) is 0 Å². The highest BCUT2D eigenvalue weighted by molar-refractivity contribution is 6.02. The number of nitrogens with zero attached hydrogens (tertiary/aromatic N) is 2. The monoisotopic (exact) mass is 300 g/mol. The summed E-state index contributed by atoms with van der Waals surface area (Å²) in [5.41, 5.74) is 0.569. The van der Waals surface area contributed by atoms with Crippen molar-refractivity contribution in [2.24, 2.45) is 0 Å². The number of fused-ring (bicyclic) bond motifs is 1. The molecule has 2 aromatic heterocycles. The molecular formula is C16H20N4O2. The van der Waals surface area contributed by atoms with E-state index in [2.05, 4.69) is 15.6 Å². The smallest absolute Gasteiger partial charge is 0.288 e. The van der Waals surface area contributed by atoms with E-state index in [1.165, 1.54) is 0 Å². The molecule has 2 aromatic rings. The van der Waals surface area contributed by atoms with Gasteiger partial charge in [0, 0.05) is 17.8 Å². The fourth-order valence-electron chi connectivity index (χ4n) is 2.24. The van der Waals surface area contributed by atoms with Crippen LogP contribution in [0.5, 0.6) is 0 Å². The number of rotatable bonds is 3. The van der Waals surface area contributed by atoms with Crippen molar-refractivity contribution in [2.75, 3.05) is 0 Å². The van der Waals surface area contributed by atoms with Crippen LogP contribution in [-0.2, 0) is 0 Å². The Morgan fingerprint density at radius 2 is 1.95 bits per heavy atom. The van der Waals surface area contributed by atoms with Gasteiger partial charge in [0.25, 0.3) is 11.8 Å². The first kappa shape index (κ1) is 14.6. The van der Waals surface area contributed by atoms with Gasteiger partial charge in [-0.25, -0.2) is 4.98 Å². The molecule has 0 bridgehead atoms. The van der Waals surface area contributed by atoms with Gasteiger partial charge in [0.2, 0.25) is 5.82 Å². The maximum absolute atomic E-state index is 12.4. The molecule has 116 valence electrons. The van der Waals surface area contributed by atoms with Crippen LogP contribution in [0.15, 0.2) is 24.4 Å². The standard InChI is InChI=1S/C16H20N4O2/c1-16(2,3)19-15(22)13-18-12(14(21)17-10-7-8-10)11-6-4-5-9-20(11)13/h4-6,9-10H,7-8H2,1-3H3,(H,17,21)(H,19,22). The average molecular weight is 300 g/mol. The van der Waals surface area contributed by atoms with Crippen LogP contribution in [0.25, 0.3) is 5.52 Å². The van der Waals surface area contributed by atoms with Crippen molar-refractivity contribution in [3.8, 4) is 0 Å². The molecule has 0 radical (unpaired) electrons. The lowest BCUT2D eigenvalue weighted by atomic mass is 10.1. The minimum absolute atomic E-state index is 0.221. The third kappa shape index (κ3) is 2.95. The Labute approximate surface area is 128 Å². The van der Waals surface area contributed by atoms with Gasteiger partial charge in [0.05, 0.1) is 5.52 Å². The lowest BCUT2D eigenvalue weighted by molar-refractivity contribution is 0.0908. The van der Waals surface area contributed by atoms with Crippen LogP contribution in [0, 0.1) is 0 Å². The summed E-state index contributed by atoms with van der Waals surface area (Å²) in [6.07, 6.45) is 3.76. The van der Waals surface area contributed by atoms with Crippen LogP contribution in [-0.4, -0.2) is 32.8 Å². The summed E-state index contributed by atoms with van der Waals surface area (Å²) in [7, 11) is 0. The number of hydrogen-bond donors (Lipinski definition) is 2. The predicted molar refractivity (Wildman–Crippen MR) is 82.9 cm³/mol. The molecule has 1 saturated carbocycles. The van der Waals surface area contributed by atoms with Crippen molar-refractivity contribution < 1.29 is 9.59 Å². The normalized spacial score (nSPS) is 14.9. The topological polar surface area (TPSA) is 75.5 Å². The van der Waals surface area contributed by atoms with Crippen molar-refractivity contribution in [3.05, 3.63) is 35.9 Å². The predicted octanol–water partition coefficient (Wildman–Crippen LogP) is 1.75. The van der Waals surface area contributed by atoms with E-state index in [0.29, 0.717) is 11.2 Å². The third-order valence-corrected chi connectivity index (χ3v) is 3.37. The first-order valence-electron chi connectivity index (χ1n) is 7.45. The molecule has 6 heteroatoms. The minimum atomic E-state index is -0.367. The Kier molecular flexibility index (Phi) is 3.39. The second-order valence-corrected chi connectivity index (χ2v) is 6.69. The van der Waals surface area contributed by atoms with Crippen LogP contribution < -0.4 is 10.6 Å². The van der Waals surface area contributed by atoms with Gasteiger partial charge in [-0.1, -0.05) is 6.07 Å². The Bertz CT molecular complexity index is 738. The highest BCUT2D eigenvalue weighted by atomic mass is 16.2. The Balaban J connectivity index is 2.00. The molecule has 2 amide bonds. The minimum Gasteiger partial charge on any atom is -0.348 e. The maximum atomic E-state index is 12.4. The molecule has 6 nitrogen and oxygen atoms in total. The van der Waals surface area contributed by atoms with Crippen molar-refractivity contribution >= 4 is 17.3 Å². The number of nitrogens with one attached hydrogen (secondary N) is 2. The molecule has 1 aliphatic carbocycles. The molecule has 2 heterocycles. The molecule has 0 saturated heterocycles. The molecule has 3 rings (SSSR count). The van der Waals surface area contributed by atoms with Gasteiger partial charge in [0.1, 0.15) is 0 Å². The van der Waals surface area contributed by atoms with Crippen LogP contribution >= 0.6 is 0 Å². The summed E-state index contributed by atoms with van der Waals surface area (Å²) in [5.74, 6) is -0.286. The molecular weight excluding hydrogens is 280 g/mol. The van der Waals surface area contributed by atoms with E-state index in [1.54, 1.807) is 16.7 Å². The number of imidazole rings is 1. The molecule has 0 unspecified atom stereocenters. The van der Waals surface area contributed by atoms with E-state index >= 15 is 0 Å². The first-order chi connectivity index (χ1) is 10.3. The highest BCUT2D eigenvalue weighted by Crippen LogP contribution is 2.20. The van der Waals surface area contributed by atoms with Gasteiger partial charge in [-0.2, -0.15) is 0 Å². The summed E-state index contributed by atoms with van der Waals surface area (Å²) in [5, 5.41) is 5.80. The number of carbonyl (C=O) groups is 2. The van der Waals surface area contributed by atoms with Gasteiger partial charge in [-0.05, 0) is 45.7 Å². The average Bonchev–Trinajstić information content (AvgIpc) is 3.14.